The van der Waals surface area contributed by atoms with Crippen LogP contribution in [0, 0.1) is 0 Å². The second-order valence-corrected chi connectivity index (χ2v) is 11.8. The number of amides is 1. The molecule has 41 heavy (non-hydrogen) atoms. The number of nitrogens with zero attached hydrogens (tertiary/aromatic N) is 6. The molecule has 1 saturated heterocycles. The van der Waals surface area contributed by atoms with Crippen LogP contribution in [0.2, 0.25) is 0 Å². The molecule has 0 bridgehead atoms. The van der Waals surface area contributed by atoms with Gasteiger partial charge in [0, 0.05) is 55.4 Å². The van der Waals surface area contributed by atoms with Gasteiger partial charge in [-0.15, -0.1) is 0 Å². The number of benzene rings is 2. The zero-order chi connectivity index (χ0) is 28.6. The average Bonchev–Trinajstić information content (AvgIpc) is 3.43. The maximum atomic E-state index is 12.4. The first-order valence-electron chi connectivity index (χ1n) is 14.1. The minimum absolute atomic E-state index is 0.244. The van der Waals surface area contributed by atoms with Gasteiger partial charge in [-0.3, -0.25) is 0 Å². The Kier molecular flexibility index (Phi) is 6.84. The van der Waals surface area contributed by atoms with Crippen LogP contribution in [0.15, 0.2) is 65.4 Å². The first kappa shape index (κ1) is 26.7. The molecule has 10 nitrogen and oxygen atoms in total. The van der Waals surface area contributed by atoms with E-state index in [1.165, 1.54) is 5.56 Å². The van der Waals surface area contributed by atoms with Gasteiger partial charge in [0.15, 0.2) is 5.82 Å². The monoisotopic (exact) mass is 553 g/mol. The van der Waals surface area contributed by atoms with Crippen molar-refractivity contribution in [2.24, 2.45) is 0 Å². The molecule has 2 N–H and O–H groups in total. The molecule has 1 aliphatic heterocycles. The number of ether oxygens (including phenoxy) is 1. The first-order valence-corrected chi connectivity index (χ1v) is 14.1. The van der Waals surface area contributed by atoms with Crippen molar-refractivity contribution < 1.29 is 14.1 Å². The van der Waals surface area contributed by atoms with Crippen molar-refractivity contribution in [3.63, 3.8) is 0 Å². The van der Waals surface area contributed by atoms with E-state index in [2.05, 4.69) is 56.4 Å². The van der Waals surface area contributed by atoms with E-state index >= 15 is 0 Å². The van der Waals surface area contributed by atoms with Gasteiger partial charge < -0.3 is 24.8 Å². The lowest BCUT2D eigenvalue weighted by Gasteiger charge is -2.39. The van der Waals surface area contributed by atoms with E-state index in [-0.39, 0.29) is 17.5 Å². The Morgan fingerprint density at radius 3 is 2.12 bits per heavy atom. The SMILES string of the molecule is CC(C)(C)OC(=O)N1CCN(c2ccc(-c3nc(C4(c5ccc(-c6cnc(N)nc6)cc5)CCC4)no3)cc2)CC1. The van der Waals surface area contributed by atoms with E-state index in [0.29, 0.717) is 19.0 Å². The van der Waals surface area contributed by atoms with Crippen LogP contribution in [0.25, 0.3) is 22.6 Å². The van der Waals surface area contributed by atoms with Crippen LogP contribution >= 0.6 is 0 Å². The molecule has 0 atom stereocenters. The zero-order valence-corrected chi connectivity index (χ0v) is 23.7. The third kappa shape index (κ3) is 5.46. The van der Waals surface area contributed by atoms with Gasteiger partial charge >= 0.3 is 6.09 Å². The Bertz CT molecular complexity index is 1500. The Labute approximate surface area is 239 Å². The van der Waals surface area contributed by atoms with E-state index in [0.717, 1.165) is 60.6 Å². The summed E-state index contributed by atoms with van der Waals surface area (Å²) in [4.78, 5) is 29.5. The molecule has 2 fully saturated rings. The molecule has 10 heteroatoms. The van der Waals surface area contributed by atoms with Gasteiger partial charge in [0.05, 0.1) is 5.41 Å². The molecule has 3 heterocycles. The van der Waals surface area contributed by atoms with Crippen molar-refractivity contribution in [1.29, 1.82) is 0 Å². The van der Waals surface area contributed by atoms with Crippen LogP contribution in [0.3, 0.4) is 0 Å². The van der Waals surface area contributed by atoms with Gasteiger partial charge in [-0.2, -0.15) is 4.98 Å². The predicted octanol–water partition coefficient (Wildman–Crippen LogP) is 5.30. The molecule has 0 spiro atoms. The van der Waals surface area contributed by atoms with Gasteiger partial charge in [0.1, 0.15) is 5.60 Å². The molecule has 1 saturated carbocycles. The minimum atomic E-state index is -0.490. The predicted molar refractivity (Wildman–Crippen MR) is 156 cm³/mol. The number of piperazine rings is 1. The van der Waals surface area contributed by atoms with Crippen LogP contribution in [0.1, 0.15) is 51.4 Å². The maximum absolute atomic E-state index is 12.4. The summed E-state index contributed by atoms with van der Waals surface area (Å²) in [5.74, 6) is 1.51. The molecular weight excluding hydrogens is 518 g/mol. The Hall–Kier alpha value is -4.47. The second-order valence-electron chi connectivity index (χ2n) is 11.8. The molecule has 6 rings (SSSR count). The normalized spacial score (nSPS) is 16.8. The number of nitrogens with two attached hydrogens (primary N) is 1. The smallest absolute Gasteiger partial charge is 0.410 e. The number of rotatable bonds is 5. The topological polar surface area (TPSA) is 124 Å². The summed E-state index contributed by atoms with van der Waals surface area (Å²) in [6.07, 6.45) is 6.28. The van der Waals surface area contributed by atoms with E-state index in [1.807, 2.05) is 32.9 Å². The highest BCUT2D eigenvalue weighted by Crippen LogP contribution is 2.48. The summed E-state index contributed by atoms with van der Waals surface area (Å²) in [5, 5.41) is 4.44. The van der Waals surface area contributed by atoms with Crippen molar-refractivity contribution in [2.75, 3.05) is 36.8 Å². The Morgan fingerprint density at radius 1 is 0.902 bits per heavy atom. The van der Waals surface area contributed by atoms with E-state index in [4.69, 9.17) is 20.0 Å². The summed E-state index contributed by atoms with van der Waals surface area (Å²) in [6.45, 7) is 8.40. The fourth-order valence-corrected chi connectivity index (χ4v) is 5.46. The maximum Gasteiger partial charge on any atom is 0.410 e. The molecule has 0 unspecified atom stereocenters. The van der Waals surface area contributed by atoms with E-state index in [1.54, 1.807) is 17.3 Å². The molecule has 2 aromatic heterocycles. The number of anilines is 2. The van der Waals surface area contributed by atoms with Crippen molar-refractivity contribution in [1.82, 2.24) is 25.0 Å². The van der Waals surface area contributed by atoms with Crippen molar-refractivity contribution >= 4 is 17.7 Å². The summed E-state index contributed by atoms with van der Waals surface area (Å²) < 4.78 is 11.3. The summed E-state index contributed by atoms with van der Waals surface area (Å²) >= 11 is 0. The van der Waals surface area contributed by atoms with Gasteiger partial charge in [-0.1, -0.05) is 35.8 Å². The number of hydrogen-bond acceptors (Lipinski definition) is 9. The highest BCUT2D eigenvalue weighted by Gasteiger charge is 2.44. The molecule has 1 aliphatic carbocycles. The number of aromatic nitrogens is 4. The second kappa shape index (κ2) is 10.5. The van der Waals surface area contributed by atoms with Gasteiger partial charge in [-0.05, 0) is 69.0 Å². The third-order valence-electron chi connectivity index (χ3n) is 7.91. The molecule has 2 aromatic carbocycles. The van der Waals surface area contributed by atoms with Crippen LogP contribution in [0.4, 0.5) is 16.4 Å². The summed E-state index contributed by atoms with van der Waals surface area (Å²) in [6, 6.07) is 16.6. The van der Waals surface area contributed by atoms with Crippen molar-refractivity contribution in [3.8, 4) is 22.6 Å². The quantitative estimate of drug-likeness (QED) is 0.350. The summed E-state index contributed by atoms with van der Waals surface area (Å²) in [5.41, 5.74) is 10.0. The molecule has 2 aliphatic rings. The highest BCUT2D eigenvalue weighted by atomic mass is 16.6. The molecular formula is C31H35N7O3. The molecule has 212 valence electrons. The largest absolute Gasteiger partial charge is 0.444 e. The Morgan fingerprint density at radius 2 is 1.54 bits per heavy atom. The number of carbonyl (C=O) groups excluding carboxylic acids is 1. The van der Waals surface area contributed by atoms with Crippen LogP contribution in [0.5, 0.6) is 0 Å². The number of nitrogen functional groups attached to an aromatic ring is 1. The van der Waals surface area contributed by atoms with E-state index < -0.39 is 5.60 Å². The van der Waals surface area contributed by atoms with Crippen LogP contribution in [-0.2, 0) is 10.2 Å². The fourth-order valence-electron chi connectivity index (χ4n) is 5.46. The molecule has 0 radical (unpaired) electrons. The fraction of sp³-hybridized carbons (Fsp3) is 0.387. The van der Waals surface area contributed by atoms with Crippen LogP contribution in [-0.4, -0.2) is 62.9 Å². The lowest BCUT2D eigenvalue weighted by molar-refractivity contribution is 0.0240. The van der Waals surface area contributed by atoms with Crippen molar-refractivity contribution in [3.05, 3.63) is 72.3 Å². The van der Waals surface area contributed by atoms with Gasteiger partial charge in [0.2, 0.25) is 5.95 Å². The average molecular weight is 554 g/mol. The Balaban J connectivity index is 1.13. The van der Waals surface area contributed by atoms with Gasteiger partial charge in [-0.25, -0.2) is 14.8 Å². The minimum Gasteiger partial charge on any atom is -0.444 e. The molecule has 4 aromatic rings. The van der Waals surface area contributed by atoms with Crippen molar-refractivity contribution in [2.45, 2.75) is 51.0 Å². The third-order valence-corrected chi connectivity index (χ3v) is 7.91. The highest BCUT2D eigenvalue weighted by molar-refractivity contribution is 5.69. The summed E-state index contributed by atoms with van der Waals surface area (Å²) in [7, 11) is 0. The van der Waals surface area contributed by atoms with E-state index in [9.17, 15) is 4.79 Å². The first-order chi connectivity index (χ1) is 19.7. The lowest BCUT2D eigenvalue weighted by atomic mass is 9.64. The zero-order valence-electron chi connectivity index (χ0n) is 23.7. The van der Waals surface area contributed by atoms with Gasteiger partial charge in [0.25, 0.3) is 5.89 Å². The molecule has 1 amide bonds. The number of carbonyl (C=O) groups is 1. The standard InChI is InChI=1S/C31H35N7O3/c1-30(2,3)40-29(39)38-17-15-37(16-18-38)25-11-7-22(8-12-25)26-35-27(36-41-26)31(13-4-14-31)24-9-5-21(6-10-24)23-19-33-28(32)34-20-23/h5-12,19-20H,4,13-18H2,1-3H3,(H2,32,33,34). The lowest BCUT2D eigenvalue weighted by Crippen LogP contribution is -2.50. The number of hydrogen-bond donors (Lipinski definition) is 1. The van der Waals surface area contributed by atoms with Crippen LogP contribution < -0.4 is 10.6 Å².